The zero-order chi connectivity index (χ0) is 13.1. The first-order valence-corrected chi connectivity index (χ1v) is 6.73. The minimum absolute atomic E-state index is 0.214. The Kier molecular flexibility index (Phi) is 3.92. The number of benzene rings is 2. The number of aryl methyl sites for hydroxylation is 1. The van der Waals surface area contributed by atoms with Gasteiger partial charge in [0.25, 0.3) is 0 Å². The summed E-state index contributed by atoms with van der Waals surface area (Å²) in [5.41, 5.74) is 10.2. The molecule has 2 rings (SSSR count). The van der Waals surface area contributed by atoms with Gasteiger partial charge in [-0.1, -0.05) is 34.1 Å². The summed E-state index contributed by atoms with van der Waals surface area (Å²) in [6.07, 6.45) is 0. The molecule has 0 fully saturated rings. The Morgan fingerprint density at radius 3 is 2.67 bits per heavy atom. The second-order valence-electron chi connectivity index (χ2n) is 4.51. The molecule has 1 atom stereocenters. The van der Waals surface area contributed by atoms with Crippen molar-refractivity contribution in [3.63, 3.8) is 0 Å². The summed E-state index contributed by atoms with van der Waals surface area (Å²) in [4.78, 5) is 0. The molecule has 0 spiro atoms. The van der Waals surface area contributed by atoms with Crippen LogP contribution in [-0.2, 0) is 0 Å². The molecule has 94 valence electrons. The van der Waals surface area contributed by atoms with E-state index in [4.69, 9.17) is 5.73 Å². The van der Waals surface area contributed by atoms with Gasteiger partial charge in [0.15, 0.2) is 0 Å². The molecule has 0 aliphatic carbocycles. The quantitative estimate of drug-likeness (QED) is 0.819. The van der Waals surface area contributed by atoms with Crippen LogP contribution in [0.4, 0.5) is 11.4 Å². The highest BCUT2D eigenvalue weighted by molar-refractivity contribution is 9.10. The molecule has 0 aliphatic rings. The standard InChI is InChI=1S/C15H17BrN2/c1-10-6-7-14(17)15(8-10)18-11(2)12-4-3-5-13(16)9-12/h3-9,11,18H,17H2,1-2H3. The van der Waals surface area contributed by atoms with Crippen molar-refractivity contribution >= 4 is 27.3 Å². The second kappa shape index (κ2) is 5.44. The van der Waals surface area contributed by atoms with Crippen LogP contribution in [0.5, 0.6) is 0 Å². The fourth-order valence-electron chi connectivity index (χ4n) is 1.89. The van der Waals surface area contributed by atoms with Gasteiger partial charge in [0.2, 0.25) is 0 Å². The predicted octanol–water partition coefficient (Wildman–Crippen LogP) is 4.51. The third-order valence-corrected chi connectivity index (χ3v) is 3.42. The van der Waals surface area contributed by atoms with Crippen LogP contribution in [-0.4, -0.2) is 0 Å². The molecule has 0 saturated heterocycles. The highest BCUT2D eigenvalue weighted by Crippen LogP contribution is 2.26. The Morgan fingerprint density at radius 1 is 1.17 bits per heavy atom. The molecule has 0 bridgehead atoms. The van der Waals surface area contributed by atoms with Gasteiger partial charge in [-0.3, -0.25) is 0 Å². The van der Waals surface area contributed by atoms with Crippen LogP contribution in [0.15, 0.2) is 46.9 Å². The van der Waals surface area contributed by atoms with Crippen LogP contribution in [0.3, 0.4) is 0 Å². The number of hydrogen-bond acceptors (Lipinski definition) is 2. The number of halogens is 1. The Labute approximate surface area is 116 Å². The van der Waals surface area contributed by atoms with Gasteiger partial charge in [0, 0.05) is 10.5 Å². The topological polar surface area (TPSA) is 38.0 Å². The highest BCUT2D eigenvalue weighted by Gasteiger charge is 2.07. The largest absolute Gasteiger partial charge is 0.397 e. The molecule has 0 heterocycles. The highest BCUT2D eigenvalue weighted by atomic mass is 79.9. The van der Waals surface area contributed by atoms with Gasteiger partial charge in [-0.15, -0.1) is 0 Å². The maximum Gasteiger partial charge on any atom is 0.0581 e. The van der Waals surface area contributed by atoms with E-state index in [1.165, 1.54) is 11.1 Å². The van der Waals surface area contributed by atoms with E-state index < -0.39 is 0 Å². The zero-order valence-electron chi connectivity index (χ0n) is 10.6. The second-order valence-corrected chi connectivity index (χ2v) is 5.43. The van der Waals surface area contributed by atoms with Crippen molar-refractivity contribution < 1.29 is 0 Å². The Hall–Kier alpha value is -1.48. The molecule has 0 radical (unpaired) electrons. The summed E-state index contributed by atoms with van der Waals surface area (Å²) in [6, 6.07) is 14.5. The molecule has 2 aromatic rings. The number of hydrogen-bond donors (Lipinski definition) is 2. The van der Waals surface area contributed by atoms with Crippen LogP contribution in [0.1, 0.15) is 24.1 Å². The molecule has 1 unspecified atom stereocenters. The molecule has 0 saturated carbocycles. The van der Waals surface area contributed by atoms with Gasteiger partial charge >= 0.3 is 0 Å². The summed E-state index contributed by atoms with van der Waals surface area (Å²) < 4.78 is 1.09. The Bertz CT molecular complexity index is 552. The van der Waals surface area contributed by atoms with Gasteiger partial charge in [-0.25, -0.2) is 0 Å². The van der Waals surface area contributed by atoms with E-state index in [0.717, 1.165) is 15.8 Å². The van der Waals surface area contributed by atoms with Crippen LogP contribution in [0.2, 0.25) is 0 Å². The van der Waals surface area contributed by atoms with Crippen molar-refractivity contribution in [3.05, 3.63) is 58.1 Å². The number of nitrogens with two attached hydrogens (primary N) is 1. The van der Waals surface area contributed by atoms with Crippen LogP contribution < -0.4 is 11.1 Å². The lowest BCUT2D eigenvalue weighted by Gasteiger charge is -2.18. The van der Waals surface area contributed by atoms with Crippen LogP contribution in [0, 0.1) is 6.92 Å². The average molecular weight is 305 g/mol. The minimum atomic E-state index is 0.214. The van der Waals surface area contributed by atoms with Crippen molar-refractivity contribution in [1.29, 1.82) is 0 Å². The van der Waals surface area contributed by atoms with Gasteiger partial charge in [0.05, 0.1) is 11.4 Å². The van der Waals surface area contributed by atoms with Gasteiger partial charge < -0.3 is 11.1 Å². The first kappa shape index (κ1) is 13.0. The van der Waals surface area contributed by atoms with Crippen molar-refractivity contribution in [2.24, 2.45) is 0 Å². The maximum atomic E-state index is 5.97. The van der Waals surface area contributed by atoms with Crippen molar-refractivity contribution in [1.82, 2.24) is 0 Å². The van der Waals surface area contributed by atoms with E-state index in [1.807, 2.05) is 24.3 Å². The van der Waals surface area contributed by atoms with Crippen molar-refractivity contribution in [2.75, 3.05) is 11.1 Å². The lowest BCUT2D eigenvalue weighted by atomic mass is 10.1. The maximum absolute atomic E-state index is 5.97. The summed E-state index contributed by atoms with van der Waals surface area (Å²) in [5.74, 6) is 0. The number of nitrogens with one attached hydrogen (secondary N) is 1. The molecular formula is C15H17BrN2. The molecule has 0 aromatic heterocycles. The fourth-order valence-corrected chi connectivity index (χ4v) is 2.30. The Morgan fingerprint density at radius 2 is 1.94 bits per heavy atom. The first-order valence-electron chi connectivity index (χ1n) is 5.94. The van der Waals surface area contributed by atoms with E-state index in [-0.39, 0.29) is 6.04 Å². The molecule has 18 heavy (non-hydrogen) atoms. The number of rotatable bonds is 3. The monoisotopic (exact) mass is 304 g/mol. The minimum Gasteiger partial charge on any atom is -0.397 e. The van der Waals surface area contributed by atoms with Gasteiger partial charge in [-0.2, -0.15) is 0 Å². The SMILES string of the molecule is Cc1ccc(N)c(NC(C)c2cccc(Br)c2)c1. The normalized spacial score (nSPS) is 12.2. The Balaban J connectivity index is 2.21. The summed E-state index contributed by atoms with van der Waals surface area (Å²) in [5, 5.41) is 3.45. The molecule has 2 nitrogen and oxygen atoms in total. The molecular weight excluding hydrogens is 288 g/mol. The molecule has 2 aromatic carbocycles. The van der Waals surface area contributed by atoms with Crippen LogP contribution in [0.25, 0.3) is 0 Å². The third kappa shape index (κ3) is 3.05. The first-order chi connectivity index (χ1) is 8.56. The summed E-state index contributed by atoms with van der Waals surface area (Å²) in [6.45, 7) is 4.19. The zero-order valence-corrected chi connectivity index (χ0v) is 12.2. The van der Waals surface area contributed by atoms with E-state index in [0.29, 0.717) is 0 Å². The lowest BCUT2D eigenvalue weighted by molar-refractivity contribution is 0.884. The van der Waals surface area contributed by atoms with Crippen molar-refractivity contribution in [2.45, 2.75) is 19.9 Å². The van der Waals surface area contributed by atoms with Crippen LogP contribution >= 0.6 is 15.9 Å². The number of nitrogen functional groups attached to an aromatic ring is 1. The van der Waals surface area contributed by atoms with Crippen molar-refractivity contribution in [3.8, 4) is 0 Å². The molecule has 0 amide bonds. The molecule has 3 N–H and O–H groups in total. The van der Waals surface area contributed by atoms with E-state index >= 15 is 0 Å². The van der Waals surface area contributed by atoms with E-state index in [2.05, 4.69) is 53.3 Å². The lowest BCUT2D eigenvalue weighted by Crippen LogP contribution is -2.08. The van der Waals surface area contributed by atoms with Gasteiger partial charge in [-0.05, 0) is 49.2 Å². The summed E-state index contributed by atoms with van der Waals surface area (Å²) in [7, 11) is 0. The van der Waals surface area contributed by atoms with E-state index in [1.54, 1.807) is 0 Å². The number of anilines is 2. The van der Waals surface area contributed by atoms with Gasteiger partial charge in [0.1, 0.15) is 0 Å². The predicted molar refractivity (Wildman–Crippen MR) is 81.8 cm³/mol. The molecule has 3 heteroatoms. The third-order valence-electron chi connectivity index (χ3n) is 2.93. The average Bonchev–Trinajstić information content (AvgIpc) is 2.34. The fraction of sp³-hybridized carbons (Fsp3) is 0.200. The smallest absolute Gasteiger partial charge is 0.0581 e. The van der Waals surface area contributed by atoms with E-state index in [9.17, 15) is 0 Å². The summed E-state index contributed by atoms with van der Waals surface area (Å²) >= 11 is 3.49. The molecule has 0 aliphatic heterocycles.